The van der Waals surface area contributed by atoms with Gasteiger partial charge in [-0.25, -0.2) is 4.39 Å². The number of amides is 2. The lowest BCUT2D eigenvalue weighted by atomic mass is 10.2. The molecule has 2 aromatic carbocycles. The van der Waals surface area contributed by atoms with Crippen LogP contribution in [0.4, 0.5) is 10.1 Å². The quantitative estimate of drug-likeness (QED) is 0.453. The first kappa shape index (κ1) is 19.1. The molecule has 0 saturated carbocycles. The molecule has 0 radical (unpaired) electrons. The van der Waals surface area contributed by atoms with Crippen LogP contribution in [0.1, 0.15) is 12.0 Å². The Bertz CT molecular complexity index is 929. The number of thiocarbonyl (C=S) groups is 1. The Labute approximate surface area is 164 Å². The first-order chi connectivity index (χ1) is 12.9. The van der Waals surface area contributed by atoms with Gasteiger partial charge in [0.1, 0.15) is 15.9 Å². The van der Waals surface area contributed by atoms with Crippen LogP contribution >= 0.6 is 24.0 Å². The second kappa shape index (κ2) is 8.32. The Morgan fingerprint density at radius 3 is 2.63 bits per heavy atom. The van der Waals surface area contributed by atoms with Gasteiger partial charge in [-0.2, -0.15) is 0 Å². The topological polar surface area (TPSA) is 69.6 Å². The molecule has 2 amide bonds. The third-order valence-electron chi connectivity index (χ3n) is 3.78. The van der Waals surface area contributed by atoms with E-state index in [1.807, 2.05) is 0 Å². The van der Waals surface area contributed by atoms with Crippen LogP contribution in [0.25, 0.3) is 6.08 Å². The SMILES string of the molecule is O=C(CCN1C(=O)C(=Cc2ccccc2F)SC1=S)Nc1ccc(O)cc1. The summed E-state index contributed by atoms with van der Waals surface area (Å²) in [4.78, 5) is 26.2. The molecule has 0 atom stereocenters. The number of hydrogen-bond donors (Lipinski definition) is 2. The summed E-state index contributed by atoms with van der Waals surface area (Å²) in [6.45, 7) is 0.128. The van der Waals surface area contributed by atoms with E-state index >= 15 is 0 Å². The van der Waals surface area contributed by atoms with E-state index in [0.717, 1.165) is 11.8 Å². The zero-order valence-electron chi connectivity index (χ0n) is 14.0. The van der Waals surface area contributed by atoms with Gasteiger partial charge in [0.25, 0.3) is 5.91 Å². The fourth-order valence-corrected chi connectivity index (χ4v) is 3.71. The molecular weight excluding hydrogens is 387 g/mol. The minimum atomic E-state index is -0.420. The van der Waals surface area contributed by atoms with Crippen molar-refractivity contribution < 1.29 is 19.1 Å². The molecule has 27 heavy (non-hydrogen) atoms. The second-order valence-electron chi connectivity index (χ2n) is 5.70. The highest BCUT2D eigenvalue weighted by molar-refractivity contribution is 8.26. The molecule has 1 aliphatic rings. The smallest absolute Gasteiger partial charge is 0.266 e. The van der Waals surface area contributed by atoms with Gasteiger partial charge in [-0.3, -0.25) is 14.5 Å². The number of nitrogens with zero attached hydrogens (tertiary/aromatic N) is 1. The highest BCUT2D eigenvalue weighted by Gasteiger charge is 2.32. The van der Waals surface area contributed by atoms with E-state index in [0.29, 0.717) is 20.5 Å². The molecule has 0 aromatic heterocycles. The Morgan fingerprint density at radius 1 is 1.22 bits per heavy atom. The number of phenols is 1. The van der Waals surface area contributed by atoms with Crippen LogP contribution in [-0.4, -0.2) is 32.7 Å². The highest BCUT2D eigenvalue weighted by Crippen LogP contribution is 2.33. The van der Waals surface area contributed by atoms with Crippen LogP contribution in [0.3, 0.4) is 0 Å². The summed E-state index contributed by atoms with van der Waals surface area (Å²) in [5.41, 5.74) is 0.853. The van der Waals surface area contributed by atoms with Gasteiger partial charge in [-0.1, -0.05) is 42.2 Å². The fraction of sp³-hybridized carbons (Fsp3) is 0.105. The summed E-state index contributed by atoms with van der Waals surface area (Å²) in [5.74, 6) is -0.943. The maximum atomic E-state index is 13.8. The number of carbonyl (C=O) groups is 2. The van der Waals surface area contributed by atoms with Crippen LogP contribution < -0.4 is 5.32 Å². The molecule has 0 bridgehead atoms. The molecule has 0 aliphatic carbocycles. The molecule has 0 unspecified atom stereocenters. The van der Waals surface area contributed by atoms with Gasteiger partial charge in [-0.15, -0.1) is 0 Å². The predicted molar refractivity (Wildman–Crippen MR) is 108 cm³/mol. The van der Waals surface area contributed by atoms with E-state index in [1.54, 1.807) is 30.3 Å². The number of rotatable bonds is 5. The molecule has 1 aliphatic heterocycles. The highest BCUT2D eigenvalue weighted by atomic mass is 32.2. The van der Waals surface area contributed by atoms with E-state index < -0.39 is 5.82 Å². The van der Waals surface area contributed by atoms with E-state index in [1.165, 1.54) is 29.2 Å². The van der Waals surface area contributed by atoms with Crippen LogP contribution in [0.15, 0.2) is 53.4 Å². The molecule has 5 nitrogen and oxygen atoms in total. The molecule has 1 saturated heterocycles. The molecule has 2 aromatic rings. The Kier molecular flexibility index (Phi) is 5.88. The van der Waals surface area contributed by atoms with Crippen LogP contribution in [0, 0.1) is 5.82 Å². The number of anilines is 1. The minimum absolute atomic E-state index is 0.0558. The Hall–Kier alpha value is -2.71. The molecular formula is C19H15FN2O3S2. The second-order valence-corrected chi connectivity index (χ2v) is 7.38. The number of halogens is 1. The van der Waals surface area contributed by atoms with Crippen molar-refractivity contribution in [2.75, 3.05) is 11.9 Å². The van der Waals surface area contributed by atoms with Gasteiger partial charge < -0.3 is 10.4 Å². The zero-order chi connectivity index (χ0) is 19.4. The van der Waals surface area contributed by atoms with Gasteiger partial charge >= 0.3 is 0 Å². The fourth-order valence-electron chi connectivity index (χ4n) is 2.41. The van der Waals surface area contributed by atoms with E-state index in [4.69, 9.17) is 12.2 Å². The van der Waals surface area contributed by atoms with Gasteiger partial charge in [0.15, 0.2) is 0 Å². The maximum absolute atomic E-state index is 13.8. The Morgan fingerprint density at radius 2 is 1.93 bits per heavy atom. The summed E-state index contributed by atoms with van der Waals surface area (Å²) in [6, 6.07) is 12.2. The standard InChI is InChI=1S/C19H15FN2O3S2/c20-15-4-2-1-3-12(15)11-16-18(25)22(19(26)27-16)10-9-17(24)21-13-5-7-14(23)8-6-13/h1-8,11,23H,9-10H2,(H,21,24). The number of thioether (sulfide) groups is 1. The van der Waals surface area contributed by atoms with Crippen molar-refractivity contribution in [2.45, 2.75) is 6.42 Å². The molecule has 0 spiro atoms. The minimum Gasteiger partial charge on any atom is -0.508 e. The normalized spacial score (nSPS) is 15.4. The van der Waals surface area contributed by atoms with E-state index in [2.05, 4.69) is 5.32 Å². The molecule has 138 valence electrons. The first-order valence-electron chi connectivity index (χ1n) is 8.03. The summed E-state index contributed by atoms with van der Waals surface area (Å²) in [5, 5.41) is 11.9. The first-order valence-corrected chi connectivity index (χ1v) is 9.25. The summed E-state index contributed by atoms with van der Waals surface area (Å²) < 4.78 is 14.1. The van der Waals surface area contributed by atoms with Crippen molar-refractivity contribution in [3.05, 3.63) is 64.8 Å². The van der Waals surface area contributed by atoms with Crippen LogP contribution in [-0.2, 0) is 9.59 Å². The predicted octanol–water partition coefficient (Wildman–Crippen LogP) is 3.76. The van der Waals surface area contributed by atoms with Gasteiger partial charge in [0.05, 0.1) is 4.91 Å². The zero-order valence-corrected chi connectivity index (χ0v) is 15.6. The number of nitrogens with one attached hydrogen (secondary N) is 1. The van der Waals surface area contributed by atoms with Crippen molar-refractivity contribution >= 4 is 51.9 Å². The van der Waals surface area contributed by atoms with Crippen molar-refractivity contribution in [3.63, 3.8) is 0 Å². The van der Waals surface area contributed by atoms with Gasteiger partial charge in [0, 0.05) is 24.2 Å². The van der Waals surface area contributed by atoms with Crippen molar-refractivity contribution in [3.8, 4) is 5.75 Å². The molecule has 1 heterocycles. The van der Waals surface area contributed by atoms with Crippen LogP contribution in [0.5, 0.6) is 5.75 Å². The summed E-state index contributed by atoms with van der Waals surface area (Å²) in [7, 11) is 0. The van der Waals surface area contributed by atoms with Crippen molar-refractivity contribution in [1.29, 1.82) is 0 Å². The monoisotopic (exact) mass is 402 g/mol. The lowest BCUT2D eigenvalue weighted by Crippen LogP contribution is -2.31. The summed E-state index contributed by atoms with van der Waals surface area (Å²) >= 11 is 6.30. The number of carbonyl (C=O) groups excluding carboxylic acids is 2. The van der Waals surface area contributed by atoms with Gasteiger partial charge in [0.2, 0.25) is 5.91 Å². The average molecular weight is 402 g/mol. The maximum Gasteiger partial charge on any atom is 0.266 e. The van der Waals surface area contributed by atoms with Crippen molar-refractivity contribution in [1.82, 2.24) is 4.90 Å². The molecule has 3 rings (SSSR count). The number of aromatic hydroxyl groups is 1. The number of benzene rings is 2. The van der Waals surface area contributed by atoms with Crippen molar-refractivity contribution in [2.24, 2.45) is 0 Å². The molecule has 8 heteroatoms. The van der Waals surface area contributed by atoms with Gasteiger partial charge in [-0.05, 0) is 36.4 Å². The third kappa shape index (κ3) is 4.72. The lowest BCUT2D eigenvalue weighted by Gasteiger charge is -2.14. The summed E-state index contributed by atoms with van der Waals surface area (Å²) in [6.07, 6.45) is 1.52. The Balaban J connectivity index is 1.61. The largest absolute Gasteiger partial charge is 0.508 e. The van der Waals surface area contributed by atoms with E-state index in [-0.39, 0.29) is 30.5 Å². The van der Waals surface area contributed by atoms with Crippen LogP contribution in [0.2, 0.25) is 0 Å². The lowest BCUT2D eigenvalue weighted by molar-refractivity contribution is -0.122. The average Bonchev–Trinajstić information content (AvgIpc) is 2.90. The number of phenolic OH excluding ortho intramolecular Hbond substituents is 1. The number of hydrogen-bond acceptors (Lipinski definition) is 5. The molecule has 1 fully saturated rings. The molecule has 2 N–H and O–H groups in total. The van der Waals surface area contributed by atoms with E-state index in [9.17, 15) is 19.1 Å². The third-order valence-corrected chi connectivity index (χ3v) is 5.16.